The molecule has 1 unspecified atom stereocenters. The Balaban J connectivity index is 2.56. The van der Waals surface area contributed by atoms with Gasteiger partial charge in [0.25, 0.3) is 0 Å². The van der Waals surface area contributed by atoms with Crippen molar-refractivity contribution in [3.8, 4) is 0 Å². The van der Waals surface area contributed by atoms with Crippen LogP contribution in [0.25, 0.3) is 0 Å². The molecule has 76 valence electrons. The standard InChI is InChI=1S/C10H18BrNO/c1-6(11)7(13)12-8-9(2,3)10(8,4)5/h6,8H,1-5H3,(H,12,13). The average molecular weight is 248 g/mol. The van der Waals surface area contributed by atoms with Crippen LogP contribution in [-0.4, -0.2) is 16.8 Å². The first-order chi connectivity index (χ1) is 5.71. The zero-order valence-corrected chi connectivity index (χ0v) is 10.5. The number of halogens is 1. The highest BCUT2D eigenvalue weighted by Crippen LogP contribution is 2.62. The number of alkyl halides is 1. The summed E-state index contributed by atoms with van der Waals surface area (Å²) in [6.45, 7) is 10.6. The topological polar surface area (TPSA) is 29.1 Å². The van der Waals surface area contributed by atoms with E-state index in [0.717, 1.165) is 0 Å². The van der Waals surface area contributed by atoms with E-state index in [1.54, 1.807) is 0 Å². The van der Waals surface area contributed by atoms with Crippen molar-refractivity contribution < 1.29 is 4.79 Å². The first-order valence-corrected chi connectivity index (χ1v) is 5.57. The quantitative estimate of drug-likeness (QED) is 0.746. The third-order valence-corrected chi connectivity index (χ3v) is 4.08. The van der Waals surface area contributed by atoms with E-state index < -0.39 is 0 Å². The Bertz CT molecular complexity index is 219. The predicted molar refractivity (Wildman–Crippen MR) is 57.9 cm³/mol. The van der Waals surface area contributed by atoms with Crippen LogP contribution in [0.1, 0.15) is 34.6 Å². The van der Waals surface area contributed by atoms with Crippen LogP contribution in [0, 0.1) is 10.8 Å². The Hall–Kier alpha value is -0.0500. The van der Waals surface area contributed by atoms with Crippen LogP contribution in [0.5, 0.6) is 0 Å². The van der Waals surface area contributed by atoms with Gasteiger partial charge in [0.15, 0.2) is 0 Å². The van der Waals surface area contributed by atoms with Crippen LogP contribution in [0.3, 0.4) is 0 Å². The third-order valence-electron chi connectivity index (χ3n) is 3.67. The predicted octanol–water partition coefficient (Wildman–Crippen LogP) is 2.32. The Labute approximate surface area is 88.6 Å². The highest BCUT2D eigenvalue weighted by molar-refractivity contribution is 9.10. The molecule has 0 radical (unpaired) electrons. The van der Waals surface area contributed by atoms with Crippen molar-refractivity contribution in [3.05, 3.63) is 0 Å². The van der Waals surface area contributed by atoms with E-state index in [4.69, 9.17) is 0 Å². The van der Waals surface area contributed by atoms with Crippen LogP contribution < -0.4 is 5.32 Å². The van der Waals surface area contributed by atoms with Crippen molar-refractivity contribution in [3.63, 3.8) is 0 Å². The van der Waals surface area contributed by atoms with Crippen LogP contribution >= 0.6 is 15.9 Å². The smallest absolute Gasteiger partial charge is 0.233 e. The fourth-order valence-corrected chi connectivity index (χ4v) is 1.95. The molecule has 1 N–H and O–H groups in total. The van der Waals surface area contributed by atoms with Gasteiger partial charge in [-0.2, -0.15) is 0 Å². The van der Waals surface area contributed by atoms with Gasteiger partial charge in [-0.1, -0.05) is 43.6 Å². The molecule has 13 heavy (non-hydrogen) atoms. The molecule has 0 heterocycles. The maximum Gasteiger partial charge on any atom is 0.233 e. The summed E-state index contributed by atoms with van der Waals surface area (Å²) in [5, 5.41) is 3.05. The molecule has 0 bridgehead atoms. The lowest BCUT2D eigenvalue weighted by Crippen LogP contribution is -2.34. The molecule has 1 rings (SSSR count). The van der Waals surface area contributed by atoms with Gasteiger partial charge in [-0.3, -0.25) is 4.79 Å². The fraction of sp³-hybridized carbons (Fsp3) is 0.900. The molecule has 0 aliphatic heterocycles. The van der Waals surface area contributed by atoms with Gasteiger partial charge in [0.05, 0.1) is 4.83 Å². The van der Waals surface area contributed by atoms with Gasteiger partial charge < -0.3 is 5.32 Å². The number of hydrogen-bond donors (Lipinski definition) is 1. The van der Waals surface area contributed by atoms with Crippen molar-refractivity contribution in [1.29, 1.82) is 0 Å². The maximum absolute atomic E-state index is 11.4. The Kier molecular flexibility index (Phi) is 2.52. The van der Waals surface area contributed by atoms with E-state index in [9.17, 15) is 4.79 Å². The minimum absolute atomic E-state index is 0.0867. The molecular weight excluding hydrogens is 230 g/mol. The SMILES string of the molecule is CC(Br)C(=O)NC1C(C)(C)C1(C)C. The molecular formula is C10H18BrNO. The Morgan fingerprint density at radius 2 is 1.69 bits per heavy atom. The number of hydrogen-bond acceptors (Lipinski definition) is 1. The van der Waals surface area contributed by atoms with Gasteiger partial charge in [-0.25, -0.2) is 0 Å². The molecule has 0 aromatic heterocycles. The molecule has 0 saturated heterocycles. The molecule has 1 aliphatic carbocycles. The van der Waals surface area contributed by atoms with Crippen molar-refractivity contribution in [2.24, 2.45) is 10.8 Å². The summed E-state index contributed by atoms with van der Waals surface area (Å²) in [5.41, 5.74) is 0.453. The van der Waals surface area contributed by atoms with Gasteiger partial charge in [0.1, 0.15) is 0 Å². The number of amides is 1. The molecule has 1 saturated carbocycles. The Morgan fingerprint density at radius 1 is 1.31 bits per heavy atom. The van der Waals surface area contributed by atoms with Crippen LogP contribution in [0.4, 0.5) is 0 Å². The second-order valence-corrected chi connectivity index (χ2v) is 6.37. The lowest BCUT2D eigenvalue weighted by Gasteiger charge is -2.07. The van der Waals surface area contributed by atoms with Gasteiger partial charge in [-0.15, -0.1) is 0 Å². The molecule has 1 atom stereocenters. The zero-order valence-electron chi connectivity index (χ0n) is 8.94. The lowest BCUT2D eigenvalue weighted by atomic mass is 10.0. The number of carbonyl (C=O) groups excluding carboxylic acids is 1. The summed E-state index contributed by atoms with van der Waals surface area (Å²) in [6.07, 6.45) is 0. The molecule has 3 heteroatoms. The summed E-state index contributed by atoms with van der Waals surface area (Å²) in [7, 11) is 0. The molecule has 0 spiro atoms. The van der Waals surface area contributed by atoms with E-state index in [-0.39, 0.29) is 21.6 Å². The maximum atomic E-state index is 11.4. The van der Waals surface area contributed by atoms with Crippen LogP contribution in [-0.2, 0) is 4.79 Å². The van der Waals surface area contributed by atoms with E-state index in [2.05, 4.69) is 48.9 Å². The summed E-state index contributed by atoms with van der Waals surface area (Å²) >= 11 is 3.26. The first kappa shape index (κ1) is 11.0. The largest absolute Gasteiger partial charge is 0.351 e. The highest BCUT2D eigenvalue weighted by atomic mass is 79.9. The second-order valence-electron chi connectivity index (χ2n) is 5.00. The van der Waals surface area contributed by atoms with E-state index in [1.807, 2.05) is 6.92 Å². The van der Waals surface area contributed by atoms with Gasteiger partial charge in [-0.05, 0) is 17.8 Å². The van der Waals surface area contributed by atoms with E-state index in [1.165, 1.54) is 0 Å². The molecule has 1 aliphatic rings. The molecule has 2 nitrogen and oxygen atoms in total. The normalized spacial score (nSPS) is 26.6. The van der Waals surface area contributed by atoms with E-state index in [0.29, 0.717) is 6.04 Å². The summed E-state index contributed by atoms with van der Waals surface area (Å²) in [5.74, 6) is 0.0867. The van der Waals surface area contributed by atoms with Gasteiger partial charge >= 0.3 is 0 Å². The second kappa shape index (κ2) is 2.97. The van der Waals surface area contributed by atoms with E-state index >= 15 is 0 Å². The van der Waals surface area contributed by atoms with Crippen LogP contribution in [0.2, 0.25) is 0 Å². The minimum Gasteiger partial charge on any atom is -0.351 e. The third kappa shape index (κ3) is 1.63. The fourth-order valence-electron chi connectivity index (χ4n) is 1.81. The van der Waals surface area contributed by atoms with Crippen molar-refractivity contribution in [2.45, 2.75) is 45.5 Å². The molecule has 0 aromatic rings. The van der Waals surface area contributed by atoms with Crippen molar-refractivity contribution in [2.75, 3.05) is 0 Å². The lowest BCUT2D eigenvalue weighted by molar-refractivity contribution is -0.120. The number of nitrogens with one attached hydrogen (secondary N) is 1. The van der Waals surface area contributed by atoms with Gasteiger partial charge in [0, 0.05) is 6.04 Å². The van der Waals surface area contributed by atoms with Crippen LogP contribution in [0.15, 0.2) is 0 Å². The first-order valence-electron chi connectivity index (χ1n) is 4.65. The summed E-state index contributed by atoms with van der Waals surface area (Å²) in [4.78, 5) is 11.3. The Morgan fingerprint density at radius 3 is 1.92 bits per heavy atom. The van der Waals surface area contributed by atoms with Gasteiger partial charge in [0.2, 0.25) is 5.91 Å². The molecule has 1 amide bonds. The summed E-state index contributed by atoms with van der Waals surface area (Å²) in [6, 6.07) is 0.312. The van der Waals surface area contributed by atoms with Crippen molar-refractivity contribution >= 4 is 21.8 Å². The van der Waals surface area contributed by atoms with Crippen molar-refractivity contribution in [1.82, 2.24) is 5.32 Å². The monoisotopic (exact) mass is 247 g/mol. The highest BCUT2D eigenvalue weighted by Gasteiger charge is 2.65. The molecule has 1 fully saturated rings. The average Bonchev–Trinajstić information content (AvgIpc) is 2.32. The number of carbonyl (C=O) groups is 1. The number of rotatable bonds is 2. The minimum atomic E-state index is -0.0975. The summed E-state index contributed by atoms with van der Waals surface area (Å²) < 4.78 is 0. The molecule has 0 aromatic carbocycles. The zero-order chi connectivity index (χ0) is 10.4.